The Labute approximate surface area is 156 Å². The zero-order valence-corrected chi connectivity index (χ0v) is 15.1. The van der Waals surface area contributed by atoms with Gasteiger partial charge in [0.15, 0.2) is 11.5 Å². The molecule has 6 heteroatoms. The molecular weight excluding hydrogens is 346 g/mol. The van der Waals surface area contributed by atoms with Gasteiger partial charge in [-0.25, -0.2) is 0 Å². The standard InChI is InChI=1S/C21H21NO5/c1-13(23)14-2-4-15(5-3-14)17-6-7-18(27-17)19(24)22-10-8-21(9-11-22)12-16(21)20(25)26/h2-7,16H,8-12H2,1H3,(H,25,26). The third-order valence-electron chi connectivity index (χ3n) is 5.93. The summed E-state index contributed by atoms with van der Waals surface area (Å²) in [4.78, 5) is 37.0. The summed E-state index contributed by atoms with van der Waals surface area (Å²) in [7, 11) is 0. The molecule has 2 aliphatic rings. The Hall–Kier alpha value is -2.89. The molecule has 2 fully saturated rings. The van der Waals surface area contributed by atoms with Crippen molar-refractivity contribution in [3.05, 3.63) is 47.7 Å². The summed E-state index contributed by atoms with van der Waals surface area (Å²) < 4.78 is 5.74. The third kappa shape index (κ3) is 3.16. The zero-order valence-electron chi connectivity index (χ0n) is 15.1. The van der Waals surface area contributed by atoms with Crippen LogP contribution in [0.3, 0.4) is 0 Å². The number of carboxylic acids is 1. The number of carbonyl (C=O) groups is 3. The lowest BCUT2D eigenvalue weighted by molar-refractivity contribution is -0.139. The van der Waals surface area contributed by atoms with E-state index in [1.54, 1.807) is 41.3 Å². The Morgan fingerprint density at radius 1 is 1.07 bits per heavy atom. The monoisotopic (exact) mass is 367 g/mol. The van der Waals surface area contributed by atoms with Gasteiger partial charge in [-0.2, -0.15) is 0 Å². The molecule has 140 valence electrons. The van der Waals surface area contributed by atoms with E-state index in [0.29, 0.717) is 24.4 Å². The number of carboxylic acid groups (broad SMARTS) is 1. The molecule has 2 aromatic rings. The zero-order chi connectivity index (χ0) is 19.2. The SMILES string of the molecule is CC(=O)c1ccc(-c2ccc(C(=O)N3CCC4(CC3)CC4C(=O)O)o2)cc1. The summed E-state index contributed by atoms with van der Waals surface area (Å²) in [5, 5.41) is 9.17. The van der Waals surface area contributed by atoms with Crippen LogP contribution in [0.15, 0.2) is 40.8 Å². The number of likely N-dealkylation sites (tertiary alicyclic amines) is 1. The molecule has 4 rings (SSSR count). The van der Waals surface area contributed by atoms with Crippen molar-refractivity contribution in [2.24, 2.45) is 11.3 Å². The first-order valence-corrected chi connectivity index (χ1v) is 9.13. The molecule has 2 heterocycles. The van der Waals surface area contributed by atoms with Gasteiger partial charge in [-0.05, 0) is 43.7 Å². The first-order chi connectivity index (χ1) is 12.9. The van der Waals surface area contributed by atoms with Gasteiger partial charge in [-0.3, -0.25) is 14.4 Å². The molecule has 27 heavy (non-hydrogen) atoms. The predicted molar refractivity (Wildman–Crippen MR) is 97.5 cm³/mol. The smallest absolute Gasteiger partial charge is 0.307 e. The second kappa shape index (κ2) is 6.37. The van der Waals surface area contributed by atoms with Crippen molar-refractivity contribution in [2.75, 3.05) is 13.1 Å². The first kappa shape index (κ1) is 17.5. The van der Waals surface area contributed by atoms with Gasteiger partial charge in [0, 0.05) is 24.2 Å². The number of nitrogens with zero attached hydrogens (tertiary/aromatic N) is 1. The molecule has 1 saturated carbocycles. The average Bonchev–Trinajstić information content (AvgIpc) is 3.14. The Morgan fingerprint density at radius 2 is 1.74 bits per heavy atom. The maximum Gasteiger partial charge on any atom is 0.307 e. The molecule has 1 aliphatic carbocycles. The van der Waals surface area contributed by atoms with E-state index >= 15 is 0 Å². The van der Waals surface area contributed by atoms with Crippen LogP contribution in [0.25, 0.3) is 11.3 Å². The van der Waals surface area contributed by atoms with Gasteiger partial charge in [0.2, 0.25) is 0 Å². The number of hydrogen-bond donors (Lipinski definition) is 1. The largest absolute Gasteiger partial charge is 0.481 e. The fourth-order valence-corrected chi connectivity index (χ4v) is 4.04. The minimum atomic E-state index is -0.721. The van der Waals surface area contributed by atoms with E-state index in [-0.39, 0.29) is 28.8 Å². The summed E-state index contributed by atoms with van der Waals surface area (Å²) in [6.07, 6.45) is 2.19. The van der Waals surface area contributed by atoms with Gasteiger partial charge < -0.3 is 14.4 Å². The molecule has 1 aromatic heterocycles. The van der Waals surface area contributed by atoms with Crippen LogP contribution in [0.4, 0.5) is 0 Å². The highest BCUT2D eigenvalue weighted by molar-refractivity contribution is 5.94. The van der Waals surface area contributed by atoms with E-state index < -0.39 is 5.97 Å². The third-order valence-corrected chi connectivity index (χ3v) is 5.93. The molecule has 1 N–H and O–H groups in total. The van der Waals surface area contributed by atoms with Crippen LogP contribution in [-0.4, -0.2) is 40.8 Å². The van der Waals surface area contributed by atoms with E-state index in [0.717, 1.165) is 24.8 Å². The highest BCUT2D eigenvalue weighted by atomic mass is 16.4. The van der Waals surface area contributed by atoms with Crippen LogP contribution in [0.1, 0.15) is 47.1 Å². The fraction of sp³-hybridized carbons (Fsp3) is 0.381. The van der Waals surface area contributed by atoms with Gasteiger partial charge in [-0.15, -0.1) is 0 Å². The summed E-state index contributed by atoms with van der Waals surface area (Å²) in [5.74, 6) is -0.272. The van der Waals surface area contributed by atoms with Crippen molar-refractivity contribution in [3.63, 3.8) is 0 Å². The highest BCUT2D eigenvalue weighted by Gasteiger charge is 2.59. The maximum absolute atomic E-state index is 12.7. The fourth-order valence-electron chi connectivity index (χ4n) is 4.04. The molecule has 1 unspecified atom stereocenters. The van der Waals surface area contributed by atoms with Crippen molar-refractivity contribution >= 4 is 17.7 Å². The molecule has 1 spiro atoms. The highest BCUT2D eigenvalue weighted by Crippen LogP contribution is 2.59. The van der Waals surface area contributed by atoms with Crippen LogP contribution >= 0.6 is 0 Å². The van der Waals surface area contributed by atoms with Gasteiger partial charge >= 0.3 is 5.97 Å². The van der Waals surface area contributed by atoms with Crippen molar-refractivity contribution in [1.29, 1.82) is 0 Å². The van der Waals surface area contributed by atoms with Crippen LogP contribution in [0.2, 0.25) is 0 Å². The predicted octanol–water partition coefficient (Wildman–Crippen LogP) is 3.48. The number of Topliss-reactive ketones (excluding diaryl/α,β-unsaturated/α-hetero) is 1. The second-order valence-electron chi connectivity index (χ2n) is 7.55. The molecular formula is C21H21NO5. The normalized spacial score (nSPS) is 20.5. The second-order valence-corrected chi connectivity index (χ2v) is 7.55. The Bertz CT molecular complexity index is 903. The van der Waals surface area contributed by atoms with Gasteiger partial charge in [-0.1, -0.05) is 24.3 Å². The number of aliphatic carboxylic acids is 1. The molecule has 0 radical (unpaired) electrons. The van der Waals surface area contributed by atoms with Gasteiger partial charge in [0.1, 0.15) is 5.76 Å². The van der Waals surface area contributed by atoms with Crippen molar-refractivity contribution in [3.8, 4) is 11.3 Å². The lowest BCUT2D eigenvalue weighted by Crippen LogP contribution is -2.39. The maximum atomic E-state index is 12.7. The van der Waals surface area contributed by atoms with E-state index in [4.69, 9.17) is 9.52 Å². The van der Waals surface area contributed by atoms with Crippen LogP contribution < -0.4 is 0 Å². The molecule has 1 amide bonds. The average molecular weight is 367 g/mol. The lowest BCUT2D eigenvalue weighted by Gasteiger charge is -2.32. The number of hydrogen-bond acceptors (Lipinski definition) is 4. The van der Waals surface area contributed by atoms with E-state index in [2.05, 4.69) is 0 Å². The number of furan rings is 1. The van der Waals surface area contributed by atoms with E-state index in [9.17, 15) is 14.4 Å². The number of amides is 1. The summed E-state index contributed by atoms with van der Waals surface area (Å²) in [6.45, 7) is 2.64. The molecule has 1 atom stereocenters. The van der Waals surface area contributed by atoms with Gasteiger partial charge in [0.05, 0.1) is 5.92 Å². The van der Waals surface area contributed by atoms with Crippen molar-refractivity contribution < 1.29 is 23.9 Å². The minimum Gasteiger partial charge on any atom is -0.481 e. The molecule has 1 aliphatic heterocycles. The van der Waals surface area contributed by atoms with Crippen LogP contribution in [0.5, 0.6) is 0 Å². The topological polar surface area (TPSA) is 87.8 Å². The number of rotatable bonds is 4. The summed E-state index contributed by atoms with van der Waals surface area (Å²) in [6, 6.07) is 10.5. The van der Waals surface area contributed by atoms with Crippen molar-refractivity contribution in [2.45, 2.75) is 26.2 Å². The Balaban J connectivity index is 1.42. The molecule has 1 aromatic carbocycles. The number of ketones is 1. The van der Waals surface area contributed by atoms with E-state index in [1.807, 2.05) is 0 Å². The lowest BCUT2D eigenvalue weighted by atomic mass is 9.90. The number of carbonyl (C=O) groups excluding carboxylic acids is 2. The molecule has 6 nitrogen and oxygen atoms in total. The molecule has 1 saturated heterocycles. The molecule has 0 bridgehead atoms. The minimum absolute atomic E-state index is 0.000492. The summed E-state index contributed by atoms with van der Waals surface area (Å²) >= 11 is 0. The number of piperidine rings is 1. The summed E-state index contributed by atoms with van der Waals surface area (Å²) in [5.41, 5.74) is 1.33. The van der Waals surface area contributed by atoms with Crippen LogP contribution in [0, 0.1) is 11.3 Å². The first-order valence-electron chi connectivity index (χ1n) is 9.13. The quantitative estimate of drug-likeness (QED) is 0.836. The number of benzene rings is 1. The van der Waals surface area contributed by atoms with Crippen molar-refractivity contribution in [1.82, 2.24) is 4.90 Å². The van der Waals surface area contributed by atoms with Gasteiger partial charge in [0.25, 0.3) is 5.91 Å². The Morgan fingerprint density at radius 3 is 2.30 bits per heavy atom. The van der Waals surface area contributed by atoms with E-state index in [1.165, 1.54) is 6.92 Å². The Kier molecular flexibility index (Phi) is 4.13. The van der Waals surface area contributed by atoms with Crippen LogP contribution in [-0.2, 0) is 4.79 Å².